The van der Waals surface area contributed by atoms with Gasteiger partial charge in [-0.2, -0.15) is 0 Å². The Morgan fingerprint density at radius 2 is 0.982 bits per heavy atom. The summed E-state index contributed by atoms with van der Waals surface area (Å²) < 4.78 is 4.90. The summed E-state index contributed by atoms with van der Waals surface area (Å²) in [4.78, 5) is 0. The minimum atomic E-state index is 0.145. The number of benzene rings is 9. The zero-order chi connectivity index (χ0) is 36.0. The summed E-state index contributed by atoms with van der Waals surface area (Å²) in [6.45, 7) is 0. The van der Waals surface area contributed by atoms with E-state index in [0.717, 1.165) is 0 Å². The Morgan fingerprint density at radius 1 is 0.364 bits per heavy atom. The molecule has 0 radical (unpaired) electrons. The Bertz CT molecular complexity index is 3310. The zero-order valence-electron chi connectivity index (χ0n) is 30.0. The molecular formula is C53H34N2. The molecule has 55 heavy (non-hydrogen) atoms. The van der Waals surface area contributed by atoms with Crippen LogP contribution in [0.25, 0.3) is 88.0 Å². The lowest BCUT2D eigenvalue weighted by atomic mass is 9.87. The fourth-order valence-electron chi connectivity index (χ4n) is 9.66. The highest BCUT2D eigenvalue weighted by atomic mass is 15.0. The van der Waals surface area contributed by atoms with E-state index in [1.807, 2.05) is 0 Å². The molecule has 1 aliphatic carbocycles. The number of hydrogen-bond acceptors (Lipinski definition) is 0. The van der Waals surface area contributed by atoms with Gasteiger partial charge in [-0.15, -0.1) is 0 Å². The number of fused-ring (bicyclic) bond motifs is 11. The third-order valence-electron chi connectivity index (χ3n) is 12.0. The maximum Gasteiger partial charge on any atom is 0.0544 e. The normalized spacial score (nSPS) is 13.6. The molecule has 0 spiro atoms. The molecule has 1 unspecified atom stereocenters. The average Bonchev–Trinajstić information content (AvgIpc) is 3.89. The first-order valence-electron chi connectivity index (χ1n) is 19.1. The van der Waals surface area contributed by atoms with Crippen LogP contribution in [0.5, 0.6) is 0 Å². The Hall–Kier alpha value is -7.16. The van der Waals surface area contributed by atoms with Crippen LogP contribution in [0, 0.1) is 0 Å². The van der Waals surface area contributed by atoms with Crippen molar-refractivity contribution in [2.24, 2.45) is 0 Å². The maximum absolute atomic E-state index is 2.46. The monoisotopic (exact) mass is 698 g/mol. The van der Waals surface area contributed by atoms with Crippen molar-refractivity contribution in [1.82, 2.24) is 9.13 Å². The van der Waals surface area contributed by atoms with E-state index in [4.69, 9.17) is 0 Å². The molecule has 2 heterocycles. The second kappa shape index (κ2) is 11.7. The van der Waals surface area contributed by atoms with Crippen LogP contribution >= 0.6 is 0 Å². The van der Waals surface area contributed by atoms with E-state index in [9.17, 15) is 0 Å². The third-order valence-corrected chi connectivity index (χ3v) is 12.0. The molecule has 2 nitrogen and oxygen atoms in total. The molecule has 0 amide bonds. The van der Waals surface area contributed by atoms with Crippen LogP contribution < -0.4 is 0 Å². The number of rotatable bonds is 4. The van der Waals surface area contributed by atoms with Crippen LogP contribution in [0.4, 0.5) is 0 Å². The highest BCUT2D eigenvalue weighted by Gasteiger charge is 2.33. The summed E-state index contributed by atoms with van der Waals surface area (Å²) >= 11 is 0. The van der Waals surface area contributed by atoms with Crippen molar-refractivity contribution >= 4 is 54.4 Å². The molecule has 11 aromatic rings. The number of hydrogen-bond donors (Lipinski definition) is 0. The van der Waals surface area contributed by atoms with Crippen molar-refractivity contribution in [3.05, 3.63) is 217 Å². The van der Waals surface area contributed by atoms with Gasteiger partial charge in [0, 0.05) is 38.5 Å². The molecule has 0 aliphatic heterocycles. The molecule has 2 aromatic heterocycles. The Labute approximate surface area is 318 Å². The fourth-order valence-corrected chi connectivity index (χ4v) is 9.66. The summed E-state index contributed by atoms with van der Waals surface area (Å²) in [5, 5.41) is 7.62. The van der Waals surface area contributed by atoms with Gasteiger partial charge in [-0.05, 0) is 98.9 Å². The van der Waals surface area contributed by atoms with Crippen molar-refractivity contribution in [2.75, 3.05) is 0 Å². The van der Waals surface area contributed by atoms with E-state index < -0.39 is 0 Å². The molecule has 0 saturated carbocycles. The molecule has 12 rings (SSSR count). The Balaban J connectivity index is 1.13. The van der Waals surface area contributed by atoms with Gasteiger partial charge in [-0.3, -0.25) is 0 Å². The predicted octanol–water partition coefficient (Wildman–Crippen LogP) is 13.9. The van der Waals surface area contributed by atoms with Gasteiger partial charge in [0.2, 0.25) is 0 Å². The maximum atomic E-state index is 2.46. The Morgan fingerprint density at radius 3 is 1.82 bits per heavy atom. The van der Waals surface area contributed by atoms with Crippen molar-refractivity contribution in [2.45, 2.75) is 5.92 Å². The number of aromatic nitrogens is 2. The van der Waals surface area contributed by atoms with Crippen LogP contribution in [0.15, 0.2) is 200 Å². The molecule has 1 atom stereocenters. The molecule has 1 aliphatic rings. The zero-order valence-corrected chi connectivity index (χ0v) is 30.0. The van der Waals surface area contributed by atoms with Crippen LogP contribution in [0.3, 0.4) is 0 Å². The van der Waals surface area contributed by atoms with E-state index in [1.54, 1.807) is 0 Å². The van der Waals surface area contributed by atoms with Gasteiger partial charge in [0.05, 0.1) is 27.8 Å². The first-order valence-corrected chi connectivity index (χ1v) is 19.1. The fraction of sp³-hybridized carbons (Fsp3) is 0.0189. The molecule has 0 fully saturated rings. The van der Waals surface area contributed by atoms with E-state index >= 15 is 0 Å². The predicted molar refractivity (Wildman–Crippen MR) is 231 cm³/mol. The van der Waals surface area contributed by atoms with Crippen molar-refractivity contribution in [1.29, 1.82) is 0 Å². The minimum Gasteiger partial charge on any atom is -0.309 e. The molecular weight excluding hydrogens is 665 g/mol. The van der Waals surface area contributed by atoms with Crippen molar-refractivity contribution < 1.29 is 0 Å². The van der Waals surface area contributed by atoms with Crippen LogP contribution in [0.1, 0.15) is 22.6 Å². The molecule has 0 N–H and O–H groups in total. The lowest BCUT2D eigenvalue weighted by Gasteiger charge is -2.16. The van der Waals surface area contributed by atoms with Gasteiger partial charge < -0.3 is 9.13 Å². The summed E-state index contributed by atoms with van der Waals surface area (Å²) in [5.74, 6) is 0.145. The summed E-state index contributed by atoms with van der Waals surface area (Å²) in [6.07, 6.45) is 0. The van der Waals surface area contributed by atoms with Crippen LogP contribution in [-0.2, 0) is 0 Å². The summed E-state index contributed by atoms with van der Waals surface area (Å²) in [7, 11) is 0. The average molecular weight is 699 g/mol. The van der Waals surface area contributed by atoms with E-state index in [0.29, 0.717) is 0 Å². The van der Waals surface area contributed by atoms with Crippen molar-refractivity contribution in [3.63, 3.8) is 0 Å². The Kier molecular flexibility index (Phi) is 6.43. The summed E-state index contributed by atoms with van der Waals surface area (Å²) in [5.41, 5.74) is 16.4. The second-order valence-corrected chi connectivity index (χ2v) is 14.8. The summed E-state index contributed by atoms with van der Waals surface area (Å²) in [6, 6.07) is 73.9. The topological polar surface area (TPSA) is 9.86 Å². The van der Waals surface area contributed by atoms with Crippen LogP contribution in [-0.4, -0.2) is 9.13 Å². The molecule has 0 saturated heterocycles. The largest absolute Gasteiger partial charge is 0.309 e. The quantitative estimate of drug-likeness (QED) is 0.173. The van der Waals surface area contributed by atoms with Gasteiger partial charge >= 0.3 is 0 Å². The van der Waals surface area contributed by atoms with Gasteiger partial charge in [0.25, 0.3) is 0 Å². The van der Waals surface area contributed by atoms with Gasteiger partial charge in [0.1, 0.15) is 0 Å². The van der Waals surface area contributed by atoms with E-state index in [1.165, 1.54) is 105 Å². The number of para-hydroxylation sites is 2. The van der Waals surface area contributed by atoms with Gasteiger partial charge in [0.15, 0.2) is 0 Å². The third kappa shape index (κ3) is 4.37. The smallest absolute Gasteiger partial charge is 0.0544 e. The van der Waals surface area contributed by atoms with E-state index in [-0.39, 0.29) is 5.92 Å². The molecule has 0 bridgehead atoms. The highest BCUT2D eigenvalue weighted by Crippen LogP contribution is 2.53. The van der Waals surface area contributed by atoms with Gasteiger partial charge in [-0.1, -0.05) is 146 Å². The van der Waals surface area contributed by atoms with Crippen LogP contribution in [0.2, 0.25) is 0 Å². The number of nitrogens with zero attached hydrogens (tertiary/aromatic N) is 2. The lowest BCUT2D eigenvalue weighted by Crippen LogP contribution is -2.00. The van der Waals surface area contributed by atoms with Crippen molar-refractivity contribution in [3.8, 4) is 33.6 Å². The van der Waals surface area contributed by atoms with Gasteiger partial charge in [-0.25, -0.2) is 0 Å². The second-order valence-electron chi connectivity index (χ2n) is 14.8. The standard InChI is InChI=1S/C53H34N2/c1-3-15-35(16-4-1)51-42-23-10-9-21-40(42)43-28-31-50-52(53(43)51)45-33-37(27-30-49(45)54(50)38-18-5-2-6-19-38)36-26-29-48-44(32-36)41-22-11-12-24-47(41)55(48)46-25-13-17-34-14-7-8-20-39(34)46/h1-33,51H. The molecule has 2 heteroatoms. The minimum absolute atomic E-state index is 0.145. The first-order chi connectivity index (χ1) is 27.3. The molecule has 256 valence electrons. The SMILES string of the molecule is c1ccc(C2c3ccccc3-c3ccc4c(c32)c2cc(-c3ccc5c(c3)c3ccccc3n5-c3cccc5ccccc35)ccc2n4-c2ccccc2)cc1. The molecule has 9 aromatic carbocycles. The first kappa shape index (κ1) is 30.3. The van der Waals surface area contributed by atoms with E-state index in [2.05, 4.69) is 209 Å². The lowest BCUT2D eigenvalue weighted by molar-refractivity contribution is 1.03. The highest BCUT2D eigenvalue weighted by molar-refractivity contribution is 6.16.